The molecule has 2 aromatic rings. The summed E-state index contributed by atoms with van der Waals surface area (Å²) in [5.74, 6) is 1.51. The number of hydrogen-bond donors (Lipinski definition) is 1. The highest BCUT2D eigenvalue weighted by molar-refractivity contribution is 5.61. The molecule has 1 aromatic heterocycles. The van der Waals surface area contributed by atoms with Crippen LogP contribution in [-0.2, 0) is 0 Å². The summed E-state index contributed by atoms with van der Waals surface area (Å²) in [6.07, 6.45) is 3.33. The Bertz CT molecular complexity index is 608. The van der Waals surface area contributed by atoms with Gasteiger partial charge in [0.05, 0.1) is 6.04 Å². The summed E-state index contributed by atoms with van der Waals surface area (Å²) in [7, 11) is 0. The molecule has 21 heavy (non-hydrogen) atoms. The predicted octanol–water partition coefficient (Wildman–Crippen LogP) is 3.06. The van der Waals surface area contributed by atoms with Crippen LogP contribution in [0.1, 0.15) is 39.2 Å². The molecule has 1 fully saturated rings. The number of rotatable bonds is 2. The summed E-state index contributed by atoms with van der Waals surface area (Å²) in [6, 6.07) is 4.69. The lowest BCUT2D eigenvalue weighted by Gasteiger charge is -2.31. The fraction of sp³-hybridized carbons (Fsp3) is 0.533. The van der Waals surface area contributed by atoms with Gasteiger partial charge in [0.2, 0.25) is 0 Å². The molecule has 2 N–H and O–H groups in total. The summed E-state index contributed by atoms with van der Waals surface area (Å²) in [6.45, 7) is 4.51. The van der Waals surface area contributed by atoms with E-state index < -0.39 is 0 Å². The molecule has 0 aliphatic heterocycles. The molecule has 2 unspecified atom stereocenters. The van der Waals surface area contributed by atoms with Gasteiger partial charge in [0, 0.05) is 11.3 Å². The normalized spacial score (nSPS) is 26.0. The summed E-state index contributed by atoms with van der Waals surface area (Å²) >= 11 is 0. The van der Waals surface area contributed by atoms with Crippen LogP contribution in [0.4, 0.5) is 10.1 Å². The Balaban J connectivity index is 1.97. The van der Waals surface area contributed by atoms with Gasteiger partial charge in [-0.1, -0.05) is 13.8 Å². The van der Waals surface area contributed by atoms with Gasteiger partial charge in [0.25, 0.3) is 0 Å². The maximum absolute atomic E-state index is 13.6. The molecule has 0 amide bonds. The molecule has 1 aliphatic carbocycles. The van der Waals surface area contributed by atoms with Crippen LogP contribution in [0.25, 0.3) is 11.4 Å². The van der Waals surface area contributed by atoms with Gasteiger partial charge in [-0.05, 0) is 59.7 Å². The molecule has 1 aliphatic rings. The summed E-state index contributed by atoms with van der Waals surface area (Å²) in [4.78, 5) is 0. The average molecular weight is 289 g/mol. The molecule has 3 rings (SSSR count). The molecule has 112 valence electrons. The summed E-state index contributed by atoms with van der Waals surface area (Å²) in [5.41, 5.74) is 6.73. The van der Waals surface area contributed by atoms with Gasteiger partial charge in [-0.2, -0.15) is 0 Å². The van der Waals surface area contributed by atoms with E-state index in [1.54, 1.807) is 6.07 Å². The summed E-state index contributed by atoms with van der Waals surface area (Å²) in [5, 5.41) is 12.0. The number of aromatic nitrogens is 4. The minimum Gasteiger partial charge on any atom is -0.399 e. The van der Waals surface area contributed by atoms with Crippen LogP contribution >= 0.6 is 0 Å². The molecule has 1 aromatic carbocycles. The lowest BCUT2D eigenvalue weighted by atomic mass is 9.80. The van der Waals surface area contributed by atoms with Crippen molar-refractivity contribution < 1.29 is 4.39 Å². The number of nitrogens with zero attached hydrogens (tertiary/aromatic N) is 4. The minimum absolute atomic E-state index is 0.262. The molecular weight excluding hydrogens is 269 g/mol. The first kappa shape index (κ1) is 14.0. The number of tetrazole rings is 1. The van der Waals surface area contributed by atoms with E-state index >= 15 is 0 Å². The monoisotopic (exact) mass is 289 g/mol. The van der Waals surface area contributed by atoms with Crippen molar-refractivity contribution in [2.75, 3.05) is 5.73 Å². The van der Waals surface area contributed by atoms with E-state index in [4.69, 9.17) is 5.73 Å². The fourth-order valence-electron chi connectivity index (χ4n) is 3.48. The quantitative estimate of drug-likeness (QED) is 0.863. The Morgan fingerprint density at radius 1 is 1.14 bits per heavy atom. The largest absolute Gasteiger partial charge is 0.399 e. The predicted molar refractivity (Wildman–Crippen MR) is 78.8 cm³/mol. The third kappa shape index (κ3) is 2.89. The number of nitrogen functional groups attached to an aromatic ring is 1. The molecule has 0 spiro atoms. The number of benzene rings is 1. The van der Waals surface area contributed by atoms with Gasteiger partial charge in [-0.15, -0.1) is 5.10 Å². The SMILES string of the molecule is CC1CC(C)CC(n2nnnc2-c2cc(N)cc(F)c2)C1. The number of hydrogen-bond acceptors (Lipinski definition) is 4. The maximum atomic E-state index is 13.6. The summed E-state index contributed by atoms with van der Waals surface area (Å²) < 4.78 is 15.4. The van der Waals surface area contributed by atoms with Crippen LogP contribution in [0.3, 0.4) is 0 Å². The zero-order valence-electron chi connectivity index (χ0n) is 12.3. The molecule has 0 radical (unpaired) electrons. The Labute approximate surface area is 123 Å². The van der Waals surface area contributed by atoms with E-state index in [9.17, 15) is 4.39 Å². The van der Waals surface area contributed by atoms with Gasteiger partial charge < -0.3 is 5.73 Å². The molecule has 6 heteroatoms. The second kappa shape index (κ2) is 5.42. The van der Waals surface area contributed by atoms with Gasteiger partial charge in [-0.3, -0.25) is 0 Å². The number of nitrogens with two attached hydrogens (primary N) is 1. The second-order valence-corrected chi connectivity index (χ2v) is 6.29. The molecular formula is C15H20FN5. The lowest BCUT2D eigenvalue weighted by molar-refractivity contribution is 0.209. The van der Waals surface area contributed by atoms with Crippen LogP contribution in [0.15, 0.2) is 18.2 Å². The lowest BCUT2D eigenvalue weighted by Crippen LogP contribution is -2.24. The Morgan fingerprint density at radius 2 is 1.86 bits per heavy atom. The first-order valence-electron chi connectivity index (χ1n) is 7.37. The van der Waals surface area contributed by atoms with Gasteiger partial charge in [0.15, 0.2) is 5.82 Å². The van der Waals surface area contributed by atoms with E-state index in [2.05, 4.69) is 29.4 Å². The molecule has 0 saturated heterocycles. The number of anilines is 1. The van der Waals surface area contributed by atoms with E-state index in [1.807, 2.05) is 4.68 Å². The Kier molecular flexibility index (Phi) is 3.61. The van der Waals surface area contributed by atoms with Crippen LogP contribution in [0, 0.1) is 17.7 Å². The van der Waals surface area contributed by atoms with Crippen molar-refractivity contribution in [3.8, 4) is 11.4 Å². The van der Waals surface area contributed by atoms with Crippen LogP contribution < -0.4 is 5.73 Å². The fourth-order valence-corrected chi connectivity index (χ4v) is 3.48. The van der Waals surface area contributed by atoms with Crippen LogP contribution in [0.5, 0.6) is 0 Å². The average Bonchev–Trinajstić information content (AvgIpc) is 2.85. The zero-order chi connectivity index (χ0) is 15.0. The first-order chi connectivity index (χ1) is 10.0. The molecule has 1 heterocycles. The zero-order valence-corrected chi connectivity index (χ0v) is 12.3. The first-order valence-corrected chi connectivity index (χ1v) is 7.37. The number of halogens is 1. The van der Waals surface area contributed by atoms with E-state index in [0.717, 1.165) is 12.8 Å². The van der Waals surface area contributed by atoms with Gasteiger partial charge >= 0.3 is 0 Å². The van der Waals surface area contributed by atoms with Crippen molar-refractivity contribution in [1.82, 2.24) is 20.2 Å². The molecule has 0 bridgehead atoms. The van der Waals surface area contributed by atoms with E-state index in [-0.39, 0.29) is 11.9 Å². The van der Waals surface area contributed by atoms with Crippen LogP contribution in [0.2, 0.25) is 0 Å². The highest BCUT2D eigenvalue weighted by atomic mass is 19.1. The maximum Gasteiger partial charge on any atom is 0.182 e. The van der Waals surface area contributed by atoms with Crippen molar-refractivity contribution in [2.45, 2.75) is 39.2 Å². The van der Waals surface area contributed by atoms with Crippen molar-refractivity contribution >= 4 is 5.69 Å². The Hall–Kier alpha value is -1.98. The Morgan fingerprint density at radius 3 is 2.52 bits per heavy atom. The third-order valence-electron chi connectivity index (χ3n) is 4.17. The third-order valence-corrected chi connectivity index (χ3v) is 4.17. The van der Waals surface area contributed by atoms with Gasteiger partial charge in [-0.25, -0.2) is 9.07 Å². The van der Waals surface area contributed by atoms with E-state index in [1.165, 1.54) is 18.6 Å². The second-order valence-electron chi connectivity index (χ2n) is 6.29. The molecule has 5 nitrogen and oxygen atoms in total. The van der Waals surface area contributed by atoms with Crippen molar-refractivity contribution in [2.24, 2.45) is 11.8 Å². The van der Waals surface area contributed by atoms with Crippen molar-refractivity contribution in [3.63, 3.8) is 0 Å². The van der Waals surface area contributed by atoms with Crippen LogP contribution in [-0.4, -0.2) is 20.2 Å². The minimum atomic E-state index is -0.370. The molecule has 1 saturated carbocycles. The standard InChI is InChI=1S/C15H20FN5/c1-9-3-10(2)5-14(4-9)21-15(18-19-20-21)11-6-12(16)8-13(17)7-11/h6-10,14H,3-5,17H2,1-2H3. The molecule has 2 atom stereocenters. The highest BCUT2D eigenvalue weighted by Gasteiger charge is 2.28. The van der Waals surface area contributed by atoms with Crippen molar-refractivity contribution in [3.05, 3.63) is 24.0 Å². The van der Waals surface area contributed by atoms with E-state index in [0.29, 0.717) is 28.9 Å². The topological polar surface area (TPSA) is 69.6 Å². The smallest absolute Gasteiger partial charge is 0.182 e. The van der Waals surface area contributed by atoms with Crippen molar-refractivity contribution in [1.29, 1.82) is 0 Å². The van der Waals surface area contributed by atoms with Gasteiger partial charge in [0.1, 0.15) is 5.82 Å². The highest BCUT2D eigenvalue weighted by Crippen LogP contribution is 2.37.